The van der Waals surface area contributed by atoms with Crippen molar-refractivity contribution in [3.8, 4) is 11.5 Å². The number of methoxy groups -OCH3 is 2. The SMILES string of the molecule is COc1ccc(CNCC(O)COC(C)C)c(OC)c1. The predicted octanol–water partition coefficient (Wildman–Crippen LogP) is 1.58. The van der Waals surface area contributed by atoms with E-state index in [0.717, 1.165) is 17.1 Å². The third-order valence-electron chi connectivity index (χ3n) is 2.81. The van der Waals surface area contributed by atoms with E-state index in [1.165, 1.54) is 0 Å². The van der Waals surface area contributed by atoms with Gasteiger partial charge in [0, 0.05) is 24.7 Å². The lowest BCUT2D eigenvalue weighted by atomic mass is 10.2. The Morgan fingerprint density at radius 2 is 1.95 bits per heavy atom. The maximum Gasteiger partial charge on any atom is 0.127 e. The lowest BCUT2D eigenvalue weighted by Gasteiger charge is -2.15. The molecule has 5 heteroatoms. The molecule has 0 aromatic heterocycles. The standard InChI is InChI=1S/C15H25NO4/c1-11(2)20-10-13(17)9-16-8-12-5-6-14(18-3)7-15(12)19-4/h5-7,11,13,16-17H,8-10H2,1-4H3. The van der Waals surface area contributed by atoms with E-state index in [-0.39, 0.29) is 6.10 Å². The summed E-state index contributed by atoms with van der Waals surface area (Å²) in [5.41, 5.74) is 1.02. The molecule has 114 valence electrons. The fourth-order valence-electron chi connectivity index (χ4n) is 1.73. The average Bonchev–Trinajstić information content (AvgIpc) is 2.45. The number of nitrogens with one attached hydrogen (secondary N) is 1. The molecule has 0 aliphatic carbocycles. The zero-order valence-electron chi connectivity index (χ0n) is 12.7. The van der Waals surface area contributed by atoms with Crippen molar-refractivity contribution in [2.24, 2.45) is 0 Å². The van der Waals surface area contributed by atoms with E-state index < -0.39 is 6.10 Å². The Bertz CT molecular complexity index is 395. The molecule has 0 bridgehead atoms. The minimum atomic E-state index is -0.512. The van der Waals surface area contributed by atoms with E-state index >= 15 is 0 Å². The van der Waals surface area contributed by atoms with Gasteiger partial charge in [0.2, 0.25) is 0 Å². The summed E-state index contributed by atoms with van der Waals surface area (Å²) in [6.07, 6.45) is -0.382. The molecule has 1 rings (SSSR count). The molecule has 0 aliphatic rings. The first-order chi connectivity index (χ1) is 9.56. The number of ether oxygens (including phenoxy) is 3. The quantitative estimate of drug-likeness (QED) is 0.720. The maximum atomic E-state index is 9.75. The molecule has 0 fully saturated rings. The Morgan fingerprint density at radius 1 is 1.20 bits per heavy atom. The van der Waals surface area contributed by atoms with Gasteiger partial charge in [-0.15, -0.1) is 0 Å². The topological polar surface area (TPSA) is 60.0 Å². The van der Waals surface area contributed by atoms with E-state index in [0.29, 0.717) is 19.7 Å². The Kier molecular flexibility index (Phi) is 7.36. The zero-order chi connectivity index (χ0) is 15.0. The highest BCUT2D eigenvalue weighted by Gasteiger charge is 2.08. The number of aliphatic hydroxyl groups excluding tert-OH is 1. The molecule has 1 atom stereocenters. The van der Waals surface area contributed by atoms with E-state index in [4.69, 9.17) is 14.2 Å². The van der Waals surface area contributed by atoms with Gasteiger partial charge >= 0.3 is 0 Å². The minimum absolute atomic E-state index is 0.131. The Labute approximate surface area is 120 Å². The van der Waals surface area contributed by atoms with Gasteiger partial charge in [0.15, 0.2) is 0 Å². The molecule has 1 aromatic carbocycles. The summed E-state index contributed by atoms with van der Waals surface area (Å²) in [4.78, 5) is 0. The molecule has 1 aromatic rings. The first-order valence-electron chi connectivity index (χ1n) is 6.78. The zero-order valence-corrected chi connectivity index (χ0v) is 12.7. The van der Waals surface area contributed by atoms with Crippen molar-refractivity contribution in [3.05, 3.63) is 23.8 Å². The van der Waals surface area contributed by atoms with Crippen LogP contribution in [0.5, 0.6) is 11.5 Å². The van der Waals surface area contributed by atoms with Crippen LogP contribution in [0.3, 0.4) is 0 Å². The van der Waals surface area contributed by atoms with Crippen LogP contribution in [0, 0.1) is 0 Å². The minimum Gasteiger partial charge on any atom is -0.497 e. The fraction of sp³-hybridized carbons (Fsp3) is 0.600. The van der Waals surface area contributed by atoms with Crippen molar-refractivity contribution in [2.75, 3.05) is 27.4 Å². The van der Waals surface area contributed by atoms with E-state index in [1.54, 1.807) is 14.2 Å². The van der Waals surface area contributed by atoms with Crippen molar-refractivity contribution in [3.63, 3.8) is 0 Å². The normalized spacial score (nSPS) is 12.5. The first kappa shape index (κ1) is 16.8. The van der Waals surface area contributed by atoms with Gasteiger partial charge in [-0.2, -0.15) is 0 Å². The lowest BCUT2D eigenvalue weighted by molar-refractivity contribution is 0.00629. The Hall–Kier alpha value is -1.30. The highest BCUT2D eigenvalue weighted by Crippen LogP contribution is 2.24. The van der Waals surface area contributed by atoms with Gasteiger partial charge in [-0.05, 0) is 19.9 Å². The summed E-state index contributed by atoms with van der Waals surface area (Å²) in [6.45, 7) is 5.32. The van der Waals surface area contributed by atoms with Crippen molar-refractivity contribution >= 4 is 0 Å². The molecule has 0 radical (unpaired) electrons. The molecule has 0 amide bonds. The van der Waals surface area contributed by atoms with Crippen molar-refractivity contribution in [1.29, 1.82) is 0 Å². The summed E-state index contributed by atoms with van der Waals surface area (Å²) in [5, 5.41) is 12.9. The third-order valence-corrected chi connectivity index (χ3v) is 2.81. The predicted molar refractivity (Wildman–Crippen MR) is 78.3 cm³/mol. The second kappa shape index (κ2) is 8.79. The van der Waals surface area contributed by atoms with Crippen molar-refractivity contribution in [1.82, 2.24) is 5.32 Å². The van der Waals surface area contributed by atoms with Crippen LogP contribution in [0.15, 0.2) is 18.2 Å². The second-order valence-corrected chi connectivity index (χ2v) is 4.84. The Balaban J connectivity index is 2.41. The number of hydrogen-bond donors (Lipinski definition) is 2. The van der Waals surface area contributed by atoms with Gasteiger partial charge < -0.3 is 24.6 Å². The van der Waals surface area contributed by atoms with E-state index in [9.17, 15) is 5.11 Å². The molecule has 2 N–H and O–H groups in total. The highest BCUT2D eigenvalue weighted by molar-refractivity contribution is 5.40. The van der Waals surface area contributed by atoms with Crippen LogP contribution in [0.1, 0.15) is 19.4 Å². The summed E-state index contributed by atoms with van der Waals surface area (Å²) < 4.78 is 15.8. The number of benzene rings is 1. The van der Waals surface area contributed by atoms with E-state index in [2.05, 4.69) is 5.32 Å². The van der Waals surface area contributed by atoms with Crippen LogP contribution < -0.4 is 14.8 Å². The second-order valence-electron chi connectivity index (χ2n) is 4.84. The maximum absolute atomic E-state index is 9.75. The Morgan fingerprint density at radius 3 is 2.55 bits per heavy atom. The molecule has 0 aliphatic heterocycles. The summed E-state index contributed by atoms with van der Waals surface area (Å²) in [7, 11) is 3.25. The molecule has 0 spiro atoms. The van der Waals surface area contributed by atoms with Crippen LogP contribution in [0.2, 0.25) is 0 Å². The molecule has 1 unspecified atom stereocenters. The highest BCUT2D eigenvalue weighted by atomic mass is 16.5. The molecule has 0 saturated heterocycles. The van der Waals surface area contributed by atoms with Crippen molar-refractivity contribution < 1.29 is 19.3 Å². The number of hydrogen-bond acceptors (Lipinski definition) is 5. The lowest BCUT2D eigenvalue weighted by Crippen LogP contribution is -2.31. The third kappa shape index (κ3) is 5.77. The van der Waals surface area contributed by atoms with Crippen molar-refractivity contribution in [2.45, 2.75) is 32.6 Å². The summed E-state index contributed by atoms with van der Waals surface area (Å²) in [5.74, 6) is 1.53. The molecule has 5 nitrogen and oxygen atoms in total. The van der Waals surface area contributed by atoms with Gasteiger partial charge in [-0.1, -0.05) is 6.07 Å². The summed E-state index contributed by atoms with van der Waals surface area (Å²) in [6, 6.07) is 5.68. The fourth-order valence-corrected chi connectivity index (χ4v) is 1.73. The van der Waals surface area contributed by atoms with Gasteiger partial charge in [0.25, 0.3) is 0 Å². The number of rotatable bonds is 9. The smallest absolute Gasteiger partial charge is 0.127 e. The largest absolute Gasteiger partial charge is 0.497 e. The van der Waals surface area contributed by atoms with Crippen LogP contribution >= 0.6 is 0 Å². The summed E-state index contributed by atoms with van der Waals surface area (Å²) >= 11 is 0. The van der Waals surface area contributed by atoms with Crippen LogP contribution in [0.25, 0.3) is 0 Å². The molecule has 0 saturated carbocycles. The molecule has 0 heterocycles. The van der Waals surface area contributed by atoms with Crippen LogP contribution in [-0.2, 0) is 11.3 Å². The van der Waals surface area contributed by atoms with Gasteiger partial charge in [0.1, 0.15) is 11.5 Å². The van der Waals surface area contributed by atoms with Gasteiger partial charge in [-0.3, -0.25) is 0 Å². The average molecular weight is 283 g/mol. The van der Waals surface area contributed by atoms with Gasteiger partial charge in [0.05, 0.1) is 33.0 Å². The van der Waals surface area contributed by atoms with Crippen LogP contribution in [-0.4, -0.2) is 44.7 Å². The molecule has 20 heavy (non-hydrogen) atoms. The monoisotopic (exact) mass is 283 g/mol. The number of aliphatic hydroxyl groups is 1. The molecular weight excluding hydrogens is 258 g/mol. The molecular formula is C15H25NO4. The first-order valence-corrected chi connectivity index (χ1v) is 6.78. The van der Waals surface area contributed by atoms with Crippen LogP contribution in [0.4, 0.5) is 0 Å². The van der Waals surface area contributed by atoms with E-state index in [1.807, 2.05) is 32.0 Å². The van der Waals surface area contributed by atoms with Gasteiger partial charge in [-0.25, -0.2) is 0 Å².